The fraction of sp³-hybridized carbons (Fsp3) is 0.444. The number of carbonyl (C=O) groups excluding carboxylic acids is 1. The van der Waals surface area contributed by atoms with Gasteiger partial charge in [0.15, 0.2) is 0 Å². The monoisotopic (exact) mass is 260 g/mol. The van der Waals surface area contributed by atoms with Crippen molar-refractivity contribution in [1.82, 2.24) is 9.88 Å². The van der Waals surface area contributed by atoms with E-state index in [1.54, 1.807) is 12.3 Å². The Morgan fingerprint density at radius 3 is 2.65 bits per heavy atom. The van der Waals surface area contributed by atoms with Crippen molar-refractivity contribution >= 4 is 23.2 Å². The number of aryl methyl sites for hydroxylation is 1. The summed E-state index contributed by atoms with van der Waals surface area (Å²) in [6.07, 6.45) is 0. The number of amides is 1. The predicted molar refractivity (Wildman–Crippen MR) is 60.0 cm³/mol. The smallest absolute Gasteiger partial charge is 0.328 e. The number of thiazole rings is 1. The van der Waals surface area contributed by atoms with Gasteiger partial charge in [0.2, 0.25) is 5.91 Å². The molecule has 0 saturated carbocycles. The minimum absolute atomic E-state index is 0.252. The highest BCUT2D eigenvalue weighted by Gasteiger charge is 2.19. The van der Waals surface area contributed by atoms with E-state index in [-0.39, 0.29) is 11.4 Å². The number of aliphatic carboxylic acids is 1. The lowest BCUT2D eigenvalue weighted by molar-refractivity contribution is -0.143. The summed E-state index contributed by atoms with van der Waals surface area (Å²) in [5, 5.41) is 21.1. The van der Waals surface area contributed by atoms with Crippen molar-refractivity contribution in [1.29, 1.82) is 0 Å². The van der Waals surface area contributed by atoms with Gasteiger partial charge in [-0.05, 0) is 6.92 Å². The van der Waals surface area contributed by atoms with E-state index in [2.05, 4.69) is 5.32 Å². The molecule has 94 valence electrons. The molecule has 1 heterocycles. The van der Waals surface area contributed by atoms with Gasteiger partial charge in [-0.25, -0.2) is 4.79 Å². The predicted octanol–water partition coefficient (Wildman–Crippen LogP) is -1.22. The van der Waals surface area contributed by atoms with Gasteiger partial charge in [0.1, 0.15) is 12.6 Å². The zero-order valence-corrected chi connectivity index (χ0v) is 9.86. The van der Waals surface area contributed by atoms with Crippen LogP contribution in [0.25, 0.3) is 0 Å². The molecule has 8 heteroatoms. The first-order valence-corrected chi connectivity index (χ1v) is 5.61. The molecule has 0 aliphatic rings. The number of hydrogen-bond donors (Lipinski definition) is 3. The molecule has 7 nitrogen and oxygen atoms in total. The fourth-order valence-corrected chi connectivity index (χ4v) is 1.90. The van der Waals surface area contributed by atoms with E-state index in [9.17, 15) is 14.4 Å². The van der Waals surface area contributed by atoms with Gasteiger partial charge >= 0.3 is 10.8 Å². The number of aliphatic hydroxyl groups excluding tert-OH is 1. The van der Waals surface area contributed by atoms with E-state index in [0.717, 1.165) is 11.3 Å². The Bertz CT molecular complexity index is 478. The average Bonchev–Trinajstić information content (AvgIpc) is 2.57. The Morgan fingerprint density at radius 1 is 1.59 bits per heavy atom. The first-order chi connectivity index (χ1) is 7.95. The summed E-state index contributed by atoms with van der Waals surface area (Å²) in [6.45, 7) is 0.725. The highest BCUT2D eigenvalue weighted by atomic mass is 32.1. The Balaban J connectivity index is 2.68. The zero-order chi connectivity index (χ0) is 13.0. The third kappa shape index (κ3) is 3.40. The number of carboxylic acid groups (broad SMARTS) is 1. The summed E-state index contributed by atoms with van der Waals surface area (Å²) in [7, 11) is 0. The summed E-state index contributed by atoms with van der Waals surface area (Å²) >= 11 is 0.966. The molecule has 0 unspecified atom stereocenters. The lowest BCUT2D eigenvalue weighted by Crippen LogP contribution is -2.45. The third-order valence-corrected chi connectivity index (χ3v) is 2.98. The van der Waals surface area contributed by atoms with Gasteiger partial charge < -0.3 is 15.5 Å². The summed E-state index contributed by atoms with van der Waals surface area (Å²) < 4.78 is 1.23. The van der Waals surface area contributed by atoms with Crippen LogP contribution in [0.3, 0.4) is 0 Å². The minimum atomic E-state index is -1.35. The standard InChI is InChI=1S/C9H12N2O5S/c1-5-4-17-9(16)11(5)2-7(13)10-6(3-12)8(14)15/h4,6,12H,2-3H2,1H3,(H,10,13)(H,14,15)/t6-/m1/s1. The Hall–Kier alpha value is -1.67. The average molecular weight is 260 g/mol. The van der Waals surface area contributed by atoms with E-state index in [0.29, 0.717) is 5.69 Å². The Labute approximate surface area is 100 Å². The van der Waals surface area contributed by atoms with Crippen LogP contribution < -0.4 is 10.2 Å². The molecule has 0 bridgehead atoms. The van der Waals surface area contributed by atoms with Gasteiger partial charge in [-0.2, -0.15) is 0 Å². The van der Waals surface area contributed by atoms with Gasteiger partial charge in [-0.15, -0.1) is 0 Å². The topological polar surface area (TPSA) is 109 Å². The normalized spacial score (nSPS) is 12.1. The second-order valence-electron chi connectivity index (χ2n) is 3.37. The highest BCUT2D eigenvalue weighted by molar-refractivity contribution is 7.07. The van der Waals surface area contributed by atoms with Crippen LogP contribution in [0.4, 0.5) is 0 Å². The molecule has 1 amide bonds. The maximum Gasteiger partial charge on any atom is 0.328 e. The fourth-order valence-electron chi connectivity index (χ4n) is 1.17. The summed E-state index contributed by atoms with van der Waals surface area (Å²) in [6, 6.07) is -1.35. The molecule has 1 aromatic heterocycles. The van der Waals surface area contributed by atoms with E-state index in [1.807, 2.05) is 0 Å². The molecular formula is C9H12N2O5S. The number of aromatic nitrogens is 1. The summed E-state index contributed by atoms with van der Waals surface area (Å²) in [5.41, 5.74) is 0.631. The molecule has 0 radical (unpaired) electrons. The number of carbonyl (C=O) groups is 2. The van der Waals surface area contributed by atoms with Crippen LogP contribution in [0.15, 0.2) is 10.2 Å². The number of hydrogen-bond acceptors (Lipinski definition) is 5. The van der Waals surface area contributed by atoms with Gasteiger partial charge in [0.25, 0.3) is 0 Å². The van der Waals surface area contributed by atoms with Crippen molar-refractivity contribution in [2.75, 3.05) is 6.61 Å². The molecule has 0 aromatic carbocycles. The second kappa shape index (κ2) is 5.60. The Morgan fingerprint density at radius 2 is 2.24 bits per heavy atom. The van der Waals surface area contributed by atoms with Crippen LogP contribution in [0.1, 0.15) is 5.69 Å². The third-order valence-electron chi connectivity index (χ3n) is 2.09. The van der Waals surface area contributed by atoms with Crippen molar-refractivity contribution in [3.63, 3.8) is 0 Å². The molecule has 0 aliphatic carbocycles. The molecule has 3 N–H and O–H groups in total. The number of aliphatic hydroxyl groups is 1. The quantitative estimate of drug-likeness (QED) is 0.615. The van der Waals surface area contributed by atoms with E-state index >= 15 is 0 Å². The molecule has 1 aromatic rings. The molecule has 1 atom stereocenters. The molecule has 1 rings (SSSR count). The van der Waals surface area contributed by atoms with Crippen molar-refractivity contribution in [2.24, 2.45) is 0 Å². The first-order valence-electron chi connectivity index (χ1n) is 4.73. The Kier molecular flexibility index (Phi) is 4.41. The summed E-state index contributed by atoms with van der Waals surface area (Å²) in [5.74, 6) is -1.95. The van der Waals surface area contributed by atoms with E-state index in [1.165, 1.54) is 4.57 Å². The van der Waals surface area contributed by atoms with Crippen LogP contribution in [0.2, 0.25) is 0 Å². The van der Waals surface area contributed by atoms with Crippen molar-refractivity contribution in [3.8, 4) is 0 Å². The number of rotatable bonds is 5. The molecular weight excluding hydrogens is 248 g/mol. The molecule has 0 aliphatic heterocycles. The van der Waals surface area contributed by atoms with Crippen molar-refractivity contribution < 1.29 is 19.8 Å². The molecule has 0 spiro atoms. The second-order valence-corrected chi connectivity index (χ2v) is 4.19. The largest absolute Gasteiger partial charge is 0.480 e. The SMILES string of the molecule is Cc1csc(=O)n1CC(=O)N[C@H](CO)C(=O)O. The summed E-state index contributed by atoms with van der Waals surface area (Å²) in [4.78, 5) is 33.0. The molecule has 0 fully saturated rings. The molecule has 0 saturated heterocycles. The maximum absolute atomic E-state index is 11.4. The van der Waals surface area contributed by atoms with Crippen LogP contribution >= 0.6 is 11.3 Å². The minimum Gasteiger partial charge on any atom is -0.480 e. The number of carboxylic acids is 1. The number of nitrogens with one attached hydrogen (secondary N) is 1. The zero-order valence-electron chi connectivity index (χ0n) is 9.04. The van der Waals surface area contributed by atoms with Crippen LogP contribution in [0.5, 0.6) is 0 Å². The van der Waals surface area contributed by atoms with Crippen LogP contribution in [-0.2, 0) is 16.1 Å². The number of nitrogens with zero attached hydrogens (tertiary/aromatic N) is 1. The van der Waals surface area contributed by atoms with Crippen molar-refractivity contribution in [2.45, 2.75) is 19.5 Å². The first kappa shape index (κ1) is 13.4. The van der Waals surface area contributed by atoms with Gasteiger partial charge in [0.05, 0.1) is 6.61 Å². The van der Waals surface area contributed by atoms with E-state index in [4.69, 9.17) is 10.2 Å². The lowest BCUT2D eigenvalue weighted by Gasteiger charge is -2.12. The van der Waals surface area contributed by atoms with Crippen molar-refractivity contribution in [3.05, 3.63) is 20.7 Å². The van der Waals surface area contributed by atoms with E-state index < -0.39 is 24.5 Å². The van der Waals surface area contributed by atoms with Gasteiger partial charge in [-0.1, -0.05) is 11.3 Å². The van der Waals surface area contributed by atoms with Gasteiger partial charge in [-0.3, -0.25) is 14.2 Å². The lowest BCUT2D eigenvalue weighted by atomic mass is 10.3. The van der Waals surface area contributed by atoms with Crippen LogP contribution in [-0.4, -0.2) is 39.3 Å². The maximum atomic E-state index is 11.4. The molecule has 17 heavy (non-hydrogen) atoms. The van der Waals surface area contributed by atoms with Crippen LogP contribution in [0, 0.1) is 6.92 Å². The van der Waals surface area contributed by atoms with Gasteiger partial charge in [0, 0.05) is 11.1 Å². The highest BCUT2D eigenvalue weighted by Crippen LogP contribution is 1.99.